The number of hydrogen-bond acceptors (Lipinski definition) is 6. The number of nitrogens with one attached hydrogen (secondary N) is 1. The van der Waals surface area contributed by atoms with E-state index in [1.54, 1.807) is 0 Å². The summed E-state index contributed by atoms with van der Waals surface area (Å²) in [5, 5.41) is 2.84. The molecule has 0 unspecified atom stereocenters. The molecule has 0 bridgehead atoms. The van der Waals surface area contributed by atoms with E-state index in [4.69, 9.17) is 13.9 Å². The van der Waals surface area contributed by atoms with Gasteiger partial charge in [0, 0.05) is 19.1 Å². The first kappa shape index (κ1) is 24.6. The molecule has 7 nitrogen and oxygen atoms in total. The highest BCUT2D eigenvalue weighted by atomic mass is 19.4. The molecule has 3 aromatic rings. The van der Waals surface area contributed by atoms with Crippen molar-refractivity contribution in [3.05, 3.63) is 77.0 Å². The second kappa shape index (κ2) is 10.4. The number of amides is 1. The van der Waals surface area contributed by atoms with Gasteiger partial charge >= 0.3 is 6.18 Å². The van der Waals surface area contributed by atoms with Crippen molar-refractivity contribution in [2.75, 3.05) is 6.79 Å². The summed E-state index contributed by atoms with van der Waals surface area (Å²) >= 11 is 0. The predicted octanol–water partition coefficient (Wildman–Crippen LogP) is 5.15. The number of fused-ring (bicyclic) bond motifs is 1. The zero-order valence-electron chi connectivity index (χ0n) is 19.4. The van der Waals surface area contributed by atoms with Crippen molar-refractivity contribution in [2.45, 2.75) is 52.1 Å². The first-order chi connectivity index (χ1) is 16.7. The van der Waals surface area contributed by atoms with Gasteiger partial charge in [0.05, 0.1) is 12.1 Å². The van der Waals surface area contributed by atoms with Crippen LogP contribution in [-0.2, 0) is 25.8 Å². The number of hydrogen-bond donors (Lipinski definition) is 1. The molecule has 0 fully saturated rings. The van der Waals surface area contributed by atoms with Crippen molar-refractivity contribution in [1.82, 2.24) is 15.2 Å². The molecule has 1 atom stereocenters. The summed E-state index contributed by atoms with van der Waals surface area (Å²) in [6, 6.07) is 10.6. The number of rotatable bonds is 9. The minimum Gasteiger partial charge on any atom is -0.454 e. The molecule has 186 valence electrons. The number of nitrogens with zero attached hydrogens (tertiary/aromatic N) is 2. The molecule has 1 amide bonds. The number of aromatic nitrogens is 1. The van der Waals surface area contributed by atoms with E-state index < -0.39 is 11.7 Å². The van der Waals surface area contributed by atoms with Crippen LogP contribution in [0, 0.1) is 0 Å². The van der Waals surface area contributed by atoms with Crippen LogP contribution in [0.25, 0.3) is 0 Å². The standard InChI is InChI=1S/C25H26F3N3O4/c1-3-16(2)29-24(32)20-14-33-23(30-20)13-31(11-17-4-7-19(8-5-17)25(26,27)28)12-18-6-9-21-22(10-18)35-15-34-21/h4-10,14,16H,3,11-13,15H2,1-2H3,(H,29,32)/t16-/m0/s1. The molecule has 1 aliphatic heterocycles. The van der Waals surface area contributed by atoms with Crippen molar-refractivity contribution in [3.8, 4) is 11.5 Å². The van der Waals surface area contributed by atoms with Crippen LogP contribution in [0.1, 0.15) is 53.3 Å². The van der Waals surface area contributed by atoms with Crippen molar-refractivity contribution >= 4 is 5.91 Å². The molecule has 0 radical (unpaired) electrons. The van der Waals surface area contributed by atoms with Gasteiger partial charge in [0.2, 0.25) is 12.7 Å². The van der Waals surface area contributed by atoms with Crippen molar-refractivity contribution in [1.29, 1.82) is 0 Å². The van der Waals surface area contributed by atoms with Crippen LogP contribution in [0.5, 0.6) is 11.5 Å². The van der Waals surface area contributed by atoms with Gasteiger partial charge in [-0.25, -0.2) is 4.98 Å². The highest BCUT2D eigenvalue weighted by Gasteiger charge is 2.30. The molecule has 0 saturated heterocycles. The lowest BCUT2D eigenvalue weighted by Gasteiger charge is -2.21. The van der Waals surface area contributed by atoms with Crippen LogP contribution >= 0.6 is 0 Å². The smallest absolute Gasteiger partial charge is 0.416 e. The van der Waals surface area contributed by atoms with E-state index in [1.165, 1.54) is 18.4 Å². The lowest BCUT2D eigenvalue weighted by Crippen LogP contribution is -2.32. The SMILES string of the molecule is CC[C@H](C)NC(=O)c1coc(CN(Cc2ccc(C(F)(F)F)cc2)Cc2ccc3c(c2)OCO3)n1. The van der Waals surface area contributed by atoms with E-state index in [-0.39, 0.29) is 31.0 Å². The fraction of sp³-hybridized carbons (Fsp3) is 0.360. The fourth-order valence-corrected chi connectivity index (χ4v) is 3.60. The molecule has 2 aromatic carbocycles. The first-order valence-electron chi connectivity index (χ1n) is 11.2. The Kier molecular flexibility index (Phi) is 7.30. The normalized spacial score (nSPS) is 13.8. The van der Waals surface area contributed by atoms with Crippen molar-refractivity contribution in [2.24, 2.45) is 0 Å². The maximum absolute atomic E-state index is 12.9. The van der Waals surface area contributed by atoms with Crippen LogP contribution in [0.15, 0.2) is 53.1 Å². The number of ether oxygens (including phenoxy) is 2. The summed E-state index contributed by atoms with van der Waals surface area (Å²) in [7, 11) is 0. The van der Waals surface area contributed by atoms with Crippen molar-refractivity contribution < 1.29 is 31.9 Å². The van der Waals surface area contributed by atoms with Crippen LogP contribution in [0.4, 0.5) is 13.2 Å². The largest absolute Gasteiger partial charge is 0.454 e. The Morgan fingerprint density at radius 1 is 1.06 bits per heavy atom. The van der Waals surface area contributed by atoms with E-state index in [1.807, 2.05) is 36.9 Å². The Morgan fingerprint density at radius 2 is 1.74 bits per heavy atom. The van der Waals surface area contributed by atoms with Gasteiger partial charge in [0.15, 0.2) is 17.2 Å². The summed E-state index contributed by atoms with van der Waals surface area (Å²) in [4.78, 5) is 18.6. The fourth-order valence-electron chi connectivity index (χ4n) is 3.60. The van der Waals surface area contributed by atoms with Crippen LogP contribution in [0.3, 0.4) is 0 Å². The number of oxazole rings is 1. The highest BCUT2D eigenvalue weighted by Crippen LogP contribution is 2.33. The molecular formula is C25H26F3N3O4. The van der Waals surface area contributed by atoms with Gasteiger partial charge in [-0.2, -0.15) is 13.2 Å². The van der Waals surface area contributed by atoms with Gasteiger partial charge in [0.25, 0.3) is 5.91 Å². The maximum Gasteiger partial charge on any atom is 0.416 e. The predicted molar refractivity (Wildman–Crippen MR) is 121 cm³/mol. The Balaban J connectivity index is 1.51. The molecule has 1 N–H and O–H groups in total. The van der Waals surface area contributed by atoms with E-state index >= 15 is 0 Å². The van der Waals surface area contributed by atoms with Gasteiger partial charge in [0.1, 0.15) is 6.26 Å². The third kappa shape index (κ3) is 6.33. The van der Waals surface area contributed by atoms with Gasteiger partial charge in [-0.05, 0) is 48.7 Å². The third-order valence-electron chi connectivity index (χ3n) is 5.66. The Hall–Kier alpha value is -3.53. The van der Waals surface area contributed by atoms with Crippen LogP contribution in [-0.4, -0.2) is 28.6 Å². The highest BCUT2D eigenvalue weighted by molar-refractivity contribution is 5.92. The van der Waals surface area contributed by atoms with E-state index in [0.29, 0.717) is 36.0 Å². The molecule has 10 heteroatoms. The molecule has 1 aliphatic rings. The summed E-state index contributed by atoms with van der Waals surface area (Å²) < 4.78 is 55.2. The average Bonchev–Trinajstić information content (AvgIpc) is 3.48. The molecule has 0 aliphatic carbocycles. The first-order valence-corrected chi connectivity index (χ1v) is 11.2. The summed E-state index contributed by atoms with van der Waals surface area (Å²) in [6.07, 6.45) is -2.30. The Bertz CT molecular complexity index is 1160. The Morgan fingerprint density at radius 3 is 2.46 bits per heavy atom. The van der Waals surface area contributed by atoms with Crippen molar-refractivity contribution in [3.63, 3.8) is 0 Å². The van der Waals surface area contributed by atoms with Crippen LogP contribution < -0.4 is 14.8 Å². The molecule has 4 rings (SSSR count). The van der Waals surface area contributed by atoms with Gasteiger partial charge in [-0.1, -0.05) is 25.1 Å². The topological polar surface area (TPSA) is 76.8 Å². The Labute approximate surface area is 200 Å². The zero-order chi connectivity index (χ0) is 25.0. The summed E-state index contributed by atoms with van der Waals surface area (Å²) in [5.41, 5.74) is 1.09. The monoisotopic (exact) mass is 489 g/mol. The third-order valence-corrected chi connectivity index (χ3v) is 5.66. The lowest BCUT2D eigenvalue weighted by molar-refractivity contribution is -0.137. The van der Waals surface area contributed by atoms with E-state index in [9.17, 15) is 18.0 Å². The summed E-state index contributed by atoms with van der Waals surface area (Å²) in [5.74, 6) is 1.30. The van der Waals surface area contributed by atoms with Gasteiger partial charge in [-0.3, -0.25) is 9.69 Å². The number of carbonyl (C=O) groups excluding carboxylic acids is 1. The number of carbonyl (C=O) groups is 1. The van der Waals surface area contributed by atoms with E-state index in [0.717, 1.165) is 24.1 Å². The second-order valence-electron chi connectivity index (χ2n) is 8.44. The van der Waals surface area contributed by atoms with E-state index in [2.05, 4.69) is 10.3 Å². The molecule has 0 spiro atoms. The summed E-state index contributed by atoms with van der Waals surface area (Å²) in [6.45, 7) is 5.04. The maximum atomic E-state index is 12.9. The van der Waals surface area contributed by atoms with Crippen LogP contribution in [0.2, 0.25) is 0 Å². The zero-order valence-corrected chi connectivity index (χ0v) is 19.4. The molecule has 2 heterocycles. The average molecular weight is 489 g/mol. The molecule has 1 aromatic heterocycles. The van der Waals surface area contributed by atoms with Gasteiger partial charge in [-0.15, -0.1) is 0 Å². The minimum atomic E-state index is -4.39. The quantitative estimate of drug-likeness (QED) is 0.448. The molecular weight excluding hydrogens is 463 g/mol. The number of benzene rings is 2. The van der Waals surface area contributed by atoms with Gasteiger partial charge < -0.3 is 19.2 Å². The lowest BCUT2D eigenvalue weighted by atomic mass is 10.1. The number of alkyl halides is 3. The number of halogens is 3. The molecule has 35 heavy (non-hydrogen) atoms. The minimum absolute atomic E-state index is 0.00447. The second-order valence-corrected chi connectivity index (χ2v) is 8.44. The molecule has 0 saturated carbocycles.